The molecule has 0 radical (unpaired) electrons. The number of carboxylic acids is 1. The molecule has 0 aliphatic carbocycles. The highest BCUT2D eigenvalue weighted by Crippen LogP contribution is 2.25. The Labute approximate surface area is 125 Å². The number of benzene rings is 1. The van der Waals surface area contributed by atoms with Crippen molar-refractivity contribution in [3.63, 3.8) is 0 Å². The van der Waals surface area contributed by atoms with Crippen LogP contribution in [0.2, 0.25) is 0 Å². The van der Waals surface area contributed by atoms with Crippen LogP contribution in [0.1, 0.15) is 38.7 Å². The Kier molecular flexibility index (Phi) is 6.21. The molecule has 0 saturated carbocycles. The van der Waals surface area contributed by atoms with E-state index in [0.717, 1.165) is 17.7 Å². The number of carbonyl (C=O) groups excluding carboxylic acids is 1. The highest BCUT2D eigenvalue weighted by atomic mass is 16.4. The Morgan fingerprint density at radius 3 is 2.33 bits per heavy atom. The van der Waals surface area contributed by atoms with E-state index in [0.29, 0.717) is 13.0 Å². The average molecular weight is 292 g/mol. The molecular weight excluding hydrogens is 268 g/mol. The van der Waals surface area contributed by atoms with Gasteiger partial charge >= 0.3 is 12.0 Å². The lowest BCUT2D eigenvalue weighted by atomic mass is 9.84. The number of aryl methyl sites for hydroxylation is 1. The van der Waals surface area contributed by atoms with Crippen LogP contribution >= 0.6 is 0 Å². The number of hydrogen-bond acceptors (Lipinski definition) is 2. The summed E-state index contributed by atoms with van der Waals surface area (Å²) in [6.07, 6.45) is 1.49. The van der Waals surface area contributed by atoms with E-state index in [2.05, 4.69) is 10.6 Å². The Morgan fingerprint density at radius 1 is 1.14 bits per heavy atom. The van der Waals surface area contributed by atoms with E-state index in [4.69, 9.17) is 5.11 Å². The molecule has 2 amide bonds. The van der Waals surface area contributed by atoms with Crippen LogP contribution in [-0.4, -0.2) is 23.7 Å². The molecule has 3 N–H and O–H groups in total. The van der Waals surface area contributed by atoms with E-state index < -0.39 is 5.97 Å². The van der Waals surface area contributed by atoms with Crippen molar-refractivity contribution in [1.29, 1.82) is 0 Å². The smallest absolute Gasteiger partial charge is 0.319 e. The number of hydrogen-bond donors (Lipinski definition) is 3. The Hall–Kier alpha value is -2.04. The summed E-state index contributed by atoms with van der Waals surface area (Å²) in [5.74, 6) is -0.784. The first kappa shape index (κ1) is 17.0. The van der Waals surface area contributed by atoms with Crippen LogP contribution < -0.4 is 10.6 Å². The largest absolute Gasteiger partial charge is 0.481 e. The van der Waals surface area contributed by atoms with Crippen molar-refractivity contribution >= 4 is 17.7 Å². The number of aliphatic carboxylic acids is 1. The number of amides is 2. The van der Waals surface area contributed by atoms with E-state index in [1.807, 2.05) is 45.0 Å². The first-order valence-electron chi connectivity index (χ1n) is 7.12. The molecule has 0 unspecified atom stereocenters. The minimum atomic E-state index is -0.784. The lowest BCUT2D eigenvalue weighted by Crippen LogP contribution is -2.32. The summed E-state index contributed by atoms with van der Waals surface area (Å²) < 4.78 is 0. The van der Waals surface area contributed by atoms with Crippen LogP contribution in [0.3, 0.4) is 0 Å². The van der Waals surface area contributed by atoms with Gasteiger partial charge in [0.05, 0.1) is 0 Å². The molecule has 0 aromatic heterocycles. The van der Waals surface area contributed by atoms with Crippen molar-refractivity contribution < 1.29 is 14.7 Å². The highest BCUT2D eigenvalue weighted by molar-refractivity contribution is 5.89. The monoisotopic (exact) mass is 292 g/mol. The third-order valence-electron chi connectivity index (χ3n) is 3.41. The molecule has 1 rings (SSSR count). The third kappa shape index (κ3) is 7.34. The summed E-state index contributed by atoms with van der Waals surface area (Å²) in [7, 11) is 0. The summed E-state index contributed by atoms with van der Waals surface area (Å²) in [5.41, 5.74) is 1.79. The number of carbonyl (C=O) groups is 2. The van der Waals surface area contributed by atoms with Gasteiger partial charge in [0.2, 0.25) is 0 Å². The predicted octanol–water partition coefficient (Wildman–Crippen LogP) is 3.40. The second kappa shape index (κ2) is 7.67. The maximum absolute atomic E-state index is 11.7. The van der Waals surface area contributed by atoms with Crippen LogP contribution in [0.5, 0.6) is 0 Å². The molecule has 116 valence electrons. The number of anilines is 1. The first-order chi connectivity index (χ1) is 9.78. The van der Waals surface area contributed by atoms with Gasteiger partial charge in [0, 0.05) is 18.7 Å². The molecular formula is C16H24N2O3. The standard InChI is InChI=1S/C16H24N2O3/c1-12-4-6-13(7-5-12)18-15(21)17-11-10-16(2,3)9-8-14(19)20/h4-7H,8-11H2,1-3H3,(H,19,20)(H2,17,18,21). The lowest BCUT2D eigenvalue weighted by Gasteiger charge is -2.23. The summed E-state index contributed by atoms with van der Waals surface area (Å²) in [5, 5.41) is 14.2. The predicted molar refractivity (Wildman–Crippen MR) is 83.5 cm³/mol. The van der Waals surface area contributed by atoms with Crippen LogP contribution in [0, 0.1) is 12.3 Å². The molecule has 0 fully saturated rings. The first-order valence-corrected chi connectivity index (χ1v) is 7.12. The van der Waals surface area contributed by atoms with Gasteiger partial charge in [-0.15, -0.1) is 0 Å². The van der Waals surface area contributed by atoms with Crippen LogP contribution in [-0.2, 0) is 4.79 Å². The molecule has 0 aliphatic heterocycles. The second-order valence-electron chi connectivity index (χ2n) is 6.05. The maximum atomic E-state index is 11.7. The van der Waals surface area contributed by atoms with Crippen molar-refractivity contribution in [3.8, 4) is 0 Å². The minimum Gasteiger partial charge on any atom is -0.481 e. The zero-order valence-corrected chi connectivity index (χ0v) is 12.9. The van der Waals surface area contributed by atoms with Crippen molar-refractivity contribution in [3.05, 3.63) is 29.8 Å². The van der Waals surface area contributed by atoms with Gasteiger partial charge in [0.15, 0.2) is 0 Å². The summed E-state index contributed by atoms with van der Waals surface area (Å²) in [6, 6.07) is 7.33. The maximum Gasteiger partial charge on any atom is 0.319 e. The number of urea groups is 1. The fourth-order valence-corrected chi connectivity index (χ4v) is 1.90. The fraction of sp³-hybridized carbons (Fsp3) is 0.500. The molecule has 5 heteroatoms. The van der Waals surface area contributed by atoms with Crippen molar-refractivity contribution in [2.24, 2.45) is 5.41 Å². The summed E-state index contributed by atoms with van der Waals surface area (Å²) >= 11 is 0. The average Bonchev–Trinajstić information content (AvgIpc) is 2.39. The van der Waals surface area contributed by atoms with Gasteiger partial charge in [-0.2, -0.15) is 0 Å². The van der Waals surface area contributed by atoms with Gasteiger partial charge in [-0.3, -0.25) is 4.79 Å². The Morgan fingerprint density at radius 2 is 1.76 bits per heavy atom. The van der Waals surface area contributed by atoms with E-state index in [1.54, 1.807) is 0 Å². The lowest BCUT2D eigenvalue weighted by molar-refractivity contribution is -0.137. The van der Waals surface area contributed by atoms with Gasteiger partial charge < -0.3 is 15.7 Å². The SMILES string of the molecule is Cc1ccc(NC(=O)NCCC(C)(C)CCC(=O)O)cc1. The second-order valence-corrected chi connectivity index (χ2v) is 6.05. The van der Waals surface area contributed by atoms with Crippen molar-refractivity contribution in [1.82, 2.24) is 5.32 Å². The molecule has 0 aliphatic rings. The van der Waals surface area contributed by atoms with Gasteiger partial charge in [-0.05, 0) is 37.3 Å². The van der Waals surface area contributed by atoms with E-state index in [1.165, 1.54) is 0 Å². The van der Waals surface area contributed by atoms with Gasteiger partial charge in [-0.25, -0.2) is 4.79 Å². The van der Waals surface area contributed by atoms with Crippen LogP contribution in [0.15, 0.2) is 24.3 Å². The van der Waals surface area contributed by atoms with Gasteiger partial charge in [-0.1, -0.05) is 31.5 Å². The molecule has 1 aromatic carbocycles. The number of nitrogens with one attached hydrogen (secondary N) is 2. The molecule has 1 aromatic rings. The zero-order valence-electron chi connectivity index (χ0n) is 12.9. The summed E-state index contributed by atoms with van der Waals surface area (Å²) in [6.45, 7) is 6.53. The minimum absolute atomic E-state index is 0.102. The van der Waals surface area contributed by atoms with E-state index in [-0.39, 0.29) is 17.9 Å². The Bertz CT molecular complexity index is 481. The normalized spacial score (nSPS) is 11.0. The third-order valence-corrected chi connectivity index (χ3v) is 3.41. The van der Waals surface area contributed by atoms with Crippen molar-refractivity contribution in [2.45, 2.75) is 40.0 Å². The molecule has 21 heavy (non-hydrogen) atoms. The number of rotatable bonds is 7. The molecule has 0 bridgehead atoms. The quantitative estimate of drug-likeness (QED) is 0.720. The van der Waals surface area contributed by atoms with Crippen molar-refractivity contribution in [2.75, 3.05) is 11.9 Å². The van der Waals surface area contributed by atoms with Gasteiger partial charge in [0.1, 0.15) is 0 Å². The molecule has 0 heterocycles. The highest BCUT2D eigenvalue weighted by Gasteiger charge is 2.19. The molecule has 0 saturated heterocycles. The topological polar surface area (TPSA) is 78.4 Å². The molecule has 0 atom stereocenters. The zero-order chi connectivity index (χ0) is 15.9. The van der Waals surface area contributed by atoms with E-state index >= 15 is 0 Å². The summed E-state index contributed by atoms with van der Waals surface area (Å²) in [4.78, 5) is 22.3. The number of carboxylic acid groups (broad SMARTS) is 1. The van der Waals surface area contributed by atoms with Crippen LogP contribution in [0.25, 0.3) is 0 Å². The fourth-order valence-electron chi connectivity index (χ4n) is 1.90. The van der Waals surface area contributed by atoms with E-state index in [9.17, 15) is 9.59 Å². The van der Waals surface area contributed by atoms with Crippen LogP contribution in [0.4, 0.5) is 10.5 Å². The Balaban J connectivity index is 2.29. The molecule has 5 nitrogen and oxygen atoms in total. The van der Waals surface area contributed by atoms with Gasteiger partial charge in [0.25, 0.3) is 0 Å². The molecule has 0 spiro atoms.